The van der Waals surface area contributed by atoms with E-state index in [0.717, 1.165) is 22.2 Å². The van der Waals surface area contributed by atoms with Crippen molar-refractivity contribution >= 4 is 38.2 Å². The van der Waals surface area contributed by atoms with Crippen molar-refractivity contribution in [3.8, 4) is 0 Å². The summed E-state index contributed by atoms with van der Waals surface area (Å²) in [5, 5.41) is 3.98. The minimum absolute atomic E-state index is 0.161. The monoisotopic (exact) mass is 484 g/mol. The van der Waals surface area contributed by atoms with E-state index in [1.54, 1.807) is 18.2 Å². The van der Waals surface area contributed by atoms with Crippen molar-refractivity contribution < 1.29 is 22.7 Å². The van der Waals surface area contributed by atoms with E-state index in [1.165, 1.54) is 4.31 Å². The maximum atomic E-state index is 13.2. The highest BCUT2D eigenvalue weighted by molar-refractivity contribution is 7.89. The molecule has 3 aromatic rings. The molecule has 10 heteroatoms. The highest BCUT2D eigenvalue weighted by Gasteiger charge is 2.28. The Bertz CT molecular complexity index is 1280. The Hall–Kier alpha value is -2.92. The van der Waals surface area contributed by atoms with Crippen molar-refractivity contribution in [2.45, 2.75) is 11.3 Å². The Morgan fingerprint density at radius 1 is 0.971 bits per heavy atom. The van der Waals surface area contributed by atoms with E-state index in [0.29, 0.717) is 58.3 Å². The molecule has 9 nitrogen and oxygen atoms in total. The number of nitrogens with one attached hydrogen (secondary N) is 2. The van der Waals surface area contributed by atoms with Crippen molar-refractivity contribution in [3.63, 3.8) is 0 Å². The van der Waals surface area contributed by atoms with Gasteiger partial charge in [-0.3, -0.25) is 4.79 Å². The van der Waals surface area contributed by atoms with Crippen LogP contribution in [-0.2, 0) is 30.7 Å². The number of ether oxygens (including phenoxy) is 2. The third kappa shape index (κ3) is 4.67. The molecule has 0 unspecified atom stereocenters. The zero-order valence-electron chi connectivity index (χ0n) is 18.8. The number of carbonyl (C=O) groups is 1. The van der Waals surface area contributed by atoms with Gasteiger partial charge < -0.3 is 24.7 Å². The maximum Gasteiger partial charge on any atom is 0.243 e. The molecule has 2 saturated heterocycles. The smallest absolute Gasteiger partial charge is 0.243 e. The summed E-state index contributed by atoms with van der Waals surface area (Å²) in [6.07, 6.45) is 2.01. The molecule has 1 aromatic heterocycles. The number of benzene rings is 2. The topological polar surface area (TPSA) is 104 Å². The summed E-state index contributed by atoms with van der Waals surface area (Å²) in [5.41, 5.74) is 3.13. The number of hydrogen-bond donors (Lipinski definition) is 2. The summed E-state index contributed by atoms with van der Waals surface area (Å²) in [4.78, 5) is 18.5. The summed E-state index contributed by atoms with van der Waals surface area (Å²) >= 11 is 0. The number of nitrogens with zero attached hydrogens (tertiary/aromatic N) is 2. The quantitative estimate of drug-likeness (QED) is 0.556. The fourth-order valence-electron chi connectivity index (χ4n) is 4.44. The molecule has 2 N–H and O–H groups in total. The summed E-state index contributed by atoms with van der Waals surface area (Å²) in [5.74, 6) is -0.208. The van der Waals surface area contributed by atoms with Gasteiger partial charge in [-0.15, -0.1) is 0 Å². The van der Waals surface area contributed by atoms with Crippen molar-refractivity contribution in [2.24, 2.45) is 0 Å². The molecule has 0 radical (unpaired) electrons. The molecular weight excluding hydrogens is 456 g/mol. The zero-order chi connectivity index (χ0) is 23.5. The van der Waals surface area contributed by atoms with E-state index in [-0.39, 0.29) is 17.2 Å². The molecule has 0 spiro atoms. The fraction of sp³-hybridized carbons (Fsp3) is 0.375. The van der Waals surface area contributed by atoms with E-state index >= 15 is 0 Å². The van der Waals surface area contributed by atoms with Gasteiger partial charge in [0, 0.05) is 43.3 Å². The van der Waals surface area contributed by atoms with Crippen LogP contribution in [0.25, 0.3) is 10.9 Å². The zero-order valence-corrected chi connectivity index (χ0v) is 19.6. The Morgan fingerprint density at radius 3 is 2.44 bits per heavy atom. The molecule has 0 aliphatic carbocycles. The van der Waals surface area contributed by atoms with Crippen LogP contribution < -0.4 is 10.2 Å². The van der Waals surface area contributed by atoms with Gasteiger partial charge in [0.05, 0.1) is 49.1 Å². The van der Waals surface area contributed by atoms with E-state index in [2.05, 4.69) is 15.2 Å². The van der Waals surface area contributed by atoms with E-state index < -0.39 is 10.0 Å². The van der Waals surface area contributed by atoms with Crippen LogP contribution in [0.3, 0.4) is 0 Å². The molecule has 3 heterocycles. The van der Waals surface area contributed by atoms with Crippen LogP contribution in [0.5, 0.6) is 0 Å². The number of aromatic amines is 1. The number of hydrogen-bond acceptors (Lipinski definition) is 6. The number of para-hydroxylation sites is 1. The second-order valence-corrected chi connectivity index (χ2v) is 10.3. The second kappa shape index (κ2) is 9.75. The van der Waals surface area contributed by atoms with Gasteiger partial charge >= 0.3 is 0 Å². The molecule has 2 fully saturated rings. The molecule has 2 aromatic carbocycles. The van der Waals surface area contributed by atoms with Crippen LogP contribution in [0.2, 0.25) is 0 Å². The Kier molecular flexibility index (Phi) is 6.55. The van der Waals surface area contributed by atoms with E-state index in [9.17, 15) is 13.2 Å². The molecular formula is C24H28N4O5S. The van der Waals surface area contributed by atoms with Crippen molar-refractivity contribution in [3.05, 3.63) is 54.2 Å². The Morgan fingerprint density at radius 2 is 1.68 bits per heavy atom. The van der Waals surface area contributed by atoms with Gasteiger partial charge in [-0.25, -0.2) is 8.42 Å². The Labute approximate surface area is 198 Å². The van der Waals surface area contributed by atoms with Crippen molar-refractivity contribution in [2.75, 3.05) is 62.8 Å². The van der Waals surface area contributed by atoms with Crippen LogP contribution in [0, 0.1) is 0 Å². The third-order valence-electron chi connectivity index (χ3n) is 6.23. The molecule has 0 atom stereocenters. The lowest BCUT2D eigenvalue weighted by Crippen LogP contribution is -2.40. The summed E-state index contributed by atoms with van der Waals surface area (Å²) in [6, 6.07) is 12.8. The molecule has 0 saturated carbocycles. The van der Waals surface area contributed by atoms with Crippen LogP contribution in [0.4, 0.5) is 11.4 Å². The predicted molar refractivity (Wildman–Crippen MR) is 130 cm³/mol. The van der Waals surface area contributed by atoms with Crippen LogP contribution in [0.15, 0.2) is 53.6 Å². The van der Waals surface area contributed by atoms with Crippen molar-refractivity contribution in [1.29, 1.82) is 0 Å². The summed E-state index contributed by atoms with van der Waals surface area (Å²) in [6.45, 7) is 3.87. The first-order valence-corrected chi connectivity index (χ1v) is 12.9. The number of morpholine rings is 2. The number of anilines is 2. The average Bonchev–Trinajstić information content (AvgIpc) is 3.27. The van der Waals surface area contributed by atoms with Crippen LogP contribution in [-0.4, -0.2) is 76.2 Å². The van der Waals surface area contributed by atoms with Crippen molar-refractivity contribution in [1.82, 2.24) is 9.29 Å². The van der Waals surface area contributed by atoms with E-state index in [1.807, 2.05) is 30.5 Å². The van der Waals surface area contributed by atoms with Crippen LogP contribution >= 0.6 is 0 Å². The van der Waals surface area contributed by atoms with Gasteiger partial charge in [-0.1, -0.05) is 18.2 Å². The van der Waals surface area contributed by atoms with Crippen LogP contribution in [0.1, 0.15) is 5.56 Å². The lowest BCUT2D eigenvalue weighted by Gasteiger charge is -2.31. The SMILES string of the molecule is O=C(Cc1c[nH]c2ccccc12)Nc1cc(S(=O)(=O)N2CCOCC2)ccc1N1CCOCC1. The molecule has 2 aliphatic rings. The number of sulfonamides is 1. The summed E-state index contributed by atoms with van der Waals surface area (Å²) < 4.78 is 38.7. The Balaban J connectivity index is 1.44. The predicted octanol–water partition coefficient (Wildman–Crippen LogP) is 2.21. The fourth-order valence-corrected chi connectivity index (χ4v) is 5.87. The number of carbonyl (C=O) groups excluding carboxylic acids is 1. The molecule has 1 amide bonds. The number of aromatic nitrogens is 1. The van der Waals surface area contributed by atoms with E-state index in [4.69, 9.17) is 9.47 Å². The van der Waals surface area contributed by atoms with Gasteiger partial charge in [-0.05, 0) is 29.8 Å². The lowest BCUT2D eigenvalue weighted by atomic mass is 10.1. The average molecular weight is 485 g/mol. The highest BCUT2D eigenvalue weighted by Crippen LogP contribution is 2.31. The minimum atomic E-state index is -3.69. The molecule has 34 heavy (non-hydrogen) atoms. The minimum Gasteiger partial charge on any atom is -0.379 e. The first-order valence-electron chi connectivity index (χ1n) is 11.4. The molecule has 5 rings (SSSR count). The van der Waals surface area contributed by atoms with Gasteiger partial charge in [0.2, 0.25) is 15.9 Å². The van der Waals surface area contributed by atoms with Gasteiger partial charge in [0.1, 0.15) is 0 Å². The molecule has 2 aliphatic heterocycles. The van der Waals surface area contributed by atoms with Gasteiger partial charge in [-0.2, -0.15) is 4.31 Å². The maximum absolute atomic E-state index is 13.2. The number of H-pyrrole nitrogens is 1. The number of rotatable bonds is 6. The summed E-state index contributed by atoms with van der Waals surface area (Å²) in [7, 11) is -3.69. The number of amides is 1. The largest absolute Gasteiger partial charge is 0.379 e. The highest BCUT2D eigenvalue weighted by atomic mass is 32.2. The van der Waals surface area contributed by atoms with Gasteiger partial charge in [0.25, 0.3) is 0 Å². The normalized spacial score (nSPS) is 17.7. The molecule has 0 bridgehead atoms. The standard InChI is InChI=1S/C24H28N4O5S/c29-24(15-18-17-25-21-4-2-1-3-20(18)21)26-22-16-19(34(30,31)28-9-13-33-14-10-28)5-6-23(22)27-7-11-32-12-8-27/h1-6,16-17,25H,7-15H2,(H,26,29). The third-order valence-corrected chi connectivity index (χ3v) is 8.12. The first-order chi connectivity index (χ1) is 16.5. The second-order valence-electron chi connectivity index (χ2n) is 8.38. The van der Waals surface area contributed by atoms with Gasteiger partial charge in [0.15, 0.2) is 0 Å². The first kappa shape index (κ1) is 22.9. The molecule has 180 valence electrons. The lowest BCUT2D eigenvalue weighted by molar-refractivity contribution is -0.115. The number of fused-ring (bicyclic) bond motifs is 1.